The summed E-state index contributed by atoms with van der Waals surface area (Å²) in [6.45, 7) is 0. The highest BCUT2D eigenvalue weighted by atomic mass is 31.2. The Morgan fingerprint density at radius 2 is 1.93 bits per heavy atom. The summed E-state index contributed by atoms with van der Waals surface area (Å²) in [7, 11) is -7.72. The summed E-state index contributed by atoms with van der Waals surface area (Å²) in [4.78, 5) is 25.6. The molecule has 0 aliphatic heterocycles. The van der Waals surface area contributed by atoms with E-state index >= 15 is 0 Å². The third-order valence-corrected chi connectivity index (χ3v) is 3.01. The number of hydrogen-bond donors (Lipinski definition) is 5. The molecule has 3 unspecified atom stereocenters. The number of rotatable bonds is 6. The van der Waals surface area contributed by atoms with Gasteiger partial charge in [-0.1, -0.05) is 0 Å². The number of hydrogen-bond acceptors (Lipinski definition) is 5. The van der Waals surface area contributed by atoms with Crippen LogP contribution in [0.1, 0.15) is 12.8 Å². The predicted octanol–water partition coefficient (Wildman–Crippen LogP) is -0.786. The molecule has 0 heterocycles. The normalized spacial score (nSPS) is 17.6. The van der Waals surface area contributed by atoms with Crippen LogP contribution in [0.25, 0.3) is 0 Å². The zero-order chi connectivity index (χ0) is 11.4. The van der Waals surface area contributed by atoms with Crippen molar-refractivity contribution in [2.75, 3.05) is 0 Å². The summed E-state index contributed by atoms with van der Waals surface area (Å²) < 4.78 is 25.0. The van der Waals surface area contributed by atoms with E-state index in [0.717, 1.165) is 0 Å². The Bertz CT molecular complexity index is 238. The van der Waals surface area contributed by atoms with Gasteiger partial charge in [-0.3, -0.25) is 4.57 Å². The molecule has 0 aromatic heterocycles. The van der Waals surface area contributed by atoms with Gasteiger partial charge in [0.1, 0.15) is 6.23 Å². The van der Waals surface area contributed by atoms with Crippen LogP contribution < -0.4 is 5.73 Å². The van der Waals surface area contributed by atoms with Crippen molar-refractivity contribution in [1.29, 1.82) is 0 Å². The molecule has 0 aromatic carbocycles. The van der Waals surface area contributed by atoms with Crippen LogP contribution >= 0.6 is 15.9 Å². The lowest BCUT2D eigenvalue weighted by molar-refractivity contribution is 0.141. The van der Waals surface area contributed by atoms with E-state index in [1.807, 2.05) is 0 Å². The van der Waals surface area contributed by atoms with Crippen molar-refractivity contribution < 1.29 is 33.4 Å². The molecular formula is C4H12NO7P2+. The van der Waals surface area contributed by atoms with Gasteiger partial charge in [0.15, 0.2) is 0 Å². The van der Waals surface area contributed by atoms with E-state index in [1.54, 1.807) is 0 Å². The smallest absolute Gasteiger partial charge is 0.379 e. The Labute approximate surface area is 80.8 Å². The van der Waals surface area contributed by atoms with E-state index in [0.29, 0.717) is 0 Å². The third kappa shape index (κ3) is 6.53. The second kappa shape index (κ2) is 5.85. The summed E-state index contributed by atoms with van der Waals surface area (Å²) in [6, 6.07) is 0. The van der Waals surface area contributed by atoms with Gasteiger partial charge < -0.3 is 20.6 Å². The Balaban J connectivity index is 4.27. The summed E-state index contributed by atoms with van der Waals surface area (Å²) in [5, 5.41) is 8.64. The van der Waals surface area contributed by atoms with Crippen LogP contribution in [-0.2, 0) is 13.7 Å². The minimum absolute atomic E-state index is 0.140. The Morgan fingerprint density at radius 1 is 1.43 bits per heavy atom. The molecule has 0 amide bonds. The number of nitrogens with two attached hydrogens (primary N) is 1. The summed E-state index contributed by atoms with van der Waals surface area (Å²) >= 11 is 0. The molecule has 3 atom stereocenters. The van der Waals surface area contributed by atoms with Crippen LogP contribution in [0.2, 0.25) is 0 Å². The standard InChI is InChI=1S/C4H11NO7P2/c5-3(6)1-2-4(12-13(7)8)14(9,10)11/h3-4,6H,1-2,5H2,(H2-,7,8,9,10,11)/p+1. The molecular weight excluding hydrogens is 236 g/mol. The highest BCUT2D eigenvalue weighted by Gasteiger charge is 2.37. The molecule has 84 valence electrons. The molecule has 8 nitrogen and oxygen atoms in total. The molecule has 0 bridgehead atoms. The first kappa shape index (κ1) is 14.1. The maximum absolute atomic E-state index is 10.7. The molecule has 14 heavy (non-hydrogen) atoms. The van der Waals surface area contributed by atoms with Crippen LogP contribution in [0.3, 0.4) is 0 Å². The van der Waals surface area contributed by atoms with Crippen molar-refractivity contribution >= 4 is 15.9 Å². The van der Waals surface area contributed by atoms with Gasteiger partial charge in [-0.25, -0.2) is 0 Å². The fourth-order valence-corrected chi connectivity index (χ4v) is 2.23. The van der Waals surface area contributed by atoms with Crippen molar-refractivity contribution in [3.63, 3.8) is 0 Å². The van der Waals surface area contributed by atoms with Crippen molar-refractivity contribution in [1.82, 2.24) is 0 Å². The quantitative estimate of drug-likeness (QED) is 0.303. The van der Waals surface area contributed by atoms with Crippen LogP contribution in [0.4, 0.5) is 0 Å². The molecule has 0 spiro atoms. The van der Waals surface area contributed by atoms with E-state index in [1.165, 1.54) is 0 Å². The second-order valence-corrected chi connectivity index (χ2v) is 4.97. The van der Waals surface area contributed by atoms with Gasteiger partial charge in [-0.05, 0) is 12.8 Å². The Kier molecular flexibility index (Phi) is 5.88. The van der Waals surface area contributed by atoms with Gasteiger partial charge in [0.25, 0.3) is 0 Å². The Morgan fingerprint density at radius 3 is 2.21 bits per heavy atom. The van der Waals surface area contributed by atoms with Gasteiger partial charge in [-0.15, -0.1) is 9.42 Å². The SMILES string of the molecule is NC(O)CCC(O[P+](=O)O)P(=O)(O)O. The predicted molar refractivity (Wildman–Crippen MR) is 46.2 cm³/mol. The van der Waals surface area contributed by atoms with Crippen LogP contribution in [0.5, 0.6) is 0 Å². The molecule has 0 rings (SSSR count). The fourth-order valence-electron chi connectivity index (χ4n) is 0.700. The first-order valence-corrected chi connectivity index (χ1v) is 6.36. The molecule has 0 saturated heterocycles. The molecule has 0 aliphatic carbocycles. The van der Waals surface area contributed by atoms with Gasteiger partial charge in [0.05, 0.1) is 0 Å². The Hall–Kier alpha value is 0.0900. The average Bonchev–Trinajstić information content (AvgIpc) is 1.94. The van der Waals surface area contributed by atoms with E-state index in [4.69, 9.17) is 25.5 Å². The highest BCUT2D eigenvalue weighted by Crippen LogP contribution is 2.47. The summed E-state index contributed by atoms with van der Waals surface area (Å²) in [5.74, 6) is -1.71. The lowest BCUT2D eigenvalue weighted by atomic mass is 10.3. The molecule has 0 saturated carbocycles. The van der Waals surface area contributed by atoms with Gasteiger partial charge in [-0.2, -0.15) is 0 Å². The zero-order valence-corrected chi connectivity index (χ0v) is 8.84. The molecule has 6 N–H and O–H groups in total. The zero-order valence-electron chi connectivity index (χ0n) is 7.05. The second-order valence-electron chi connectivity index (χ2n) is 2.53. The lowest BCUT2D eigenvalue weighted by Gasteiger charge is -2.12. The van der Waals surface area contributed by atoms with E-state index in [-0.39, 0.29) is 12.8 Å². The first-order valence-electron chi connectivity index (χ1n) is 3.55. The average molecular weight is 248 g/mol. The minimum atomic E-state index is -4.62. The fraction of sp³-hybridized carbons (Fsp3) is 1.00. The minimum Gasteiger partial charge on any atom is -0.379 e. The molecule has 0 radical (unpaired) electrons. The first-order chi connectivity index (χ1) is 6.23. The monoisotopic (exact) mass is 248 g/mol. The van der Waals surface area contributed by atoms with Crippen molar-refractivity contribution in [3.8, 4) is 0 Å². The van der Waals surface area contributed by atoms with Crippen LogP contribution in [0, 0.1) is 0 Å². The molecule has 10 heteroatoms. The van der Waals surface area contributed by atoms with Crippen molar-refractivity contribution in [2.24, 2.45) is 5.73 Å². The van der Waals surface area contributed by atoms with Gasteiger partial charge >= 0.3 is 15.9 Å². The van der Waals surface area contributed by atoms with Crippen LogP contribution in [-0.4, -0.2) is 31.9 Å². The van der Waals surface area contributed by atoms with Gasteiger partial charge in [0, 0.05) is 4.57 Å². The molecule has 0 aromatic rings. The maximum atomic E-state index is 10.7. The molecule has 0 aliphatic rings. The number of aliphatic hydroxyl groups excluding tert-OH is 1. The topological polar surface area (TPSA) is 150 Å². The third-order valence-electron chi connectivity index (χ3n) is 1.30. The number of aliphatic hydroxyl groups is 1. The highest BCUT2D eigenvalue weighted by molar-refractivity contribution is 7.52. The lowest BCUT2D eigenvalue weighted by Crippen LogP contribution is -2.21. The molecule has 0 fully saturated rings. The summed E-state index contributed by atoms with van der Waals surface area (Å²) in [6.07, 6.45) is -1.69. The summed E-state index contributed by atoms with van der Waals surface area (Å²) in [5.41, 5.74) is 4.93. The van der Waals surface area contributed by atoms with E-state index < -0.39 is 27.9 Å². The van der Waals surface area contributed by atoms with Crippen LogP contribution in [0.15, 0.2) is 0 Å². The van der Waals surface area contributed by atoms with E-state index in [2.05, 4.69) is 4.52 Å². The van der Waals surface area contributed by atoms with E-state index in [9.17, 15) is 9.13 Å². The largest absolute Gasteiger partial charge is 0.695 e. The van der Waals surface area contributed by atoms with Crippen molar-refractivity contribution in [2.45, 2.75) is 24.9 Å². The van der Waals surface area contributed by atoms with Gasteiger partial charge in [0.2, 0.25) is 5.85 Å². The maximum Gasteiger partial charge on any atom is 0.695 e. The van der Waals surface area contributed by atoms with Crippen molar-refractivity contribution in [3.05, 3.63) is 0 Å².